The fourth-order valence-electron chi connectivity index (χ4n) is 1.49. The molecule has 0 fully saturated rings. The van der Waals surface area contributed by atoms with Crippen LogP contribution in [-0.2, 0) is 0 Å². The average Bonchev–Trinajstić information content (AvgIpc) is 2.37. The van der Waals surface area contributed by atoms with E-state index >= 15 is 0 Å². The predicted octanol–water partition coefficient (Wildman–Crippen LogP) is 2.15. The van der Waals surface area contributed by atoms with Crippen LogP contribution >= 0.6 is 0 Å². The van der Waals surface area contributed by atoms with E-state index in [0.717, 1.165) is 10.9 Å². The van der Waals surface area contributed by atoms with E-state index in [9.17, 15) is 4.79 Å². The van der Waals surface area contributed by atoms with Gasteiger partial charge in [-0.25, -0.2) is 0 Å². The van der Waals surface area contributed by atoms with Crippen LogP contribution in [0, 0.1) is 0 Å². The molecule has 91 valence electrons. The van der Waals surface area contributed by atoms with Gasteiger partial charge in [-0.2, -0.15) is 0 Å². The minimum atomic E-state index is -0.403. The van der Waals surface area contributed by atoms with Gasteiger partial charge in [0, 0.05) is 5.56 Å². The Morgan fingerprint density at radius 3 is 2.33 bits per heavy atom. The molecule has 0 unspecified atom stereocenters. The second-order valence-electron chi connectivity index (χ2n) is 3.82. The summed E-state index contributed by atoms with van der Waals surface area (Å²) in [6.07, 6.45) is 10.0. The van der Waals surface area contributed by atoms with Crippen LogP contribution in [0.15, 0.2) is 60.1 Å². The van der Waals surface area contributed by atoms with Gasteiger partial charge in [0.05, 0.1) is 0 Å². The fraction of sp³-hybridized carbons (Fsp3) is 0.133. The highest BCUT2D eigenvalue weighted by Gasteiger charge is 2.02. The van der Waals surface area contributed by atoms with Crippen LogP contribution in [0.3, 0.4) is 0 Å². The zero-order valence-corrected chi connectivity index (χ0v) is 10.8. The number of carbonyl (C=O) groups excluding carboxylic acids is 1. The molecule has 0 aliphatic rings. The Balaban J connectivity index is 2.84. The van der Waals surface area contributed by atoms with Crippen molar-refractivity contribution in [2.45, 2.75) is 13.8 Å². The van der Waals surface area contributed by atoms with E-state index < -0.39 is 5.91 Å². The van der Waals surface area contributed by atoms with Crippen molar-refractivity contribution in [3.63, 3.8) is 0 Å². The first-order valence-electron chi connectivity index (χ1n) is 5.87. The summed E-state index contributed by atoms with van der Waals surface area (Å²) in [5, 5.41) is 0. The lowest BCUT2D eigenvalue weighted by molar-refractivity contribution is 0.100. The highest BCUT2D eigenvalue weighted by atomic mass is 16.1. The number of rotatable bonds is 5. The molecular formula is C15H17BNO. The lowest BCUT2D eigenvalue weighted by Gasteiger charge is -2.02. The molecule has 0 aliphatic heterocycles. The van der Waals surface area contributed by atoms with Gasteiger partial charge in [0.2, 0.25) is 5.91 Å². The maximum absolute atomic E-state index is 11.0. The molecule has 0 bridgehead atoms. The largest absolute Gasteiger partial charge is 0.366 e. The molecule has 0 heterocycles. The van der Waals surface area contributed by atoms with Gasteiger partial charge in [-0.15, -0.1) is 0 Å². The summed E-state index contributed by atoms with van der Waals surface area (Å²) in [7, 11) is 2.05. The second-order valence-corrected chi connectivity index (χ2v) is 3.82. The Labute approximate surface area is 109 Å². The minimum absolute atomic E-state index is 0.403. The SMILES string of the molecule is C\C=C/C=C([B]c1ccc(C(N)=O)cc1)\C=C/C. The van der Waals surface area contributed by atoms with Crippen molar-refractivity contribution in [1.29, 1.82) is 0 Å². The van der Waals surface area contributed by atoms with Gasteiger partial charge in [0.1, 0.15) is 0 Å². The maximum Gasteiger partial charge on any atom is 0.248 e. The monoisotopic (exact) mass is 238 g/mol. The van der Waals surface area contributed by atoms with Gasteiger partial charge in [0.25, 0.3) is 0 Å². The molecule has 2 nitrogen and oxygen atoms in total. The maximum atomic E-state index is 11.0. The standard InChI is InChI=1S/C15H17BNO/c1-3-5-7-13(6-4-2)16-14-10-8-12(9-11-14)15(17)18/h3-11H,1-2H3,(H2,17,18)/b5-3-,6-4-,13-7+. The predicted molar refractivity (Wildman–Crippen MR) is 78.1 cm³/mol. The molecule has 0 aromatic heterocycles. The number of allylic oxidation sites excluding steroid dienone is 6. The van der Waals surface area contributed by atoms with E-state index in [1.165, 1.54) is 0 Å². The summed E-state index contributed by atoms with van der Waals surface area (Å²) < 4.78 is 0. The molecule has 0 saturated carbocycles. The van der Waals surface area contributed by atoms with Crippen LogP contribution in [0.5, 0.6) is 0 Å². The third-order valence-electron chi connectivity index (χ3n) is 2.37. The van der Waals surface area contributed by atoms with Crippen molar-refractivity contribution in [1.82, 2.24) is 0 Å². The summed E-state index contributed by atoms with van der Waals surface area (Å²) in [4.78, 5) is 11.0. The first-order valence-corrected chi connectivity index (χ1v) is 5.87. The lowest BCUT2D eigenvalue weighted by atomic mass is 9.63. The smallest absolute Gasteiger partial charge is 0.248 e. The molecule has 0 atom stereocenters. The summed E-state index contributed by atoms with van der Waals surface area (Å²) in [6, 6.07) is 7.23. The molecule has 1 amide bonds. The molecule has 0 saturated heterocycles. The number of nitrogens with two attached hydrogens (primary N) is 1. The molecule has 1 aromatic carbocycles. The van der Waals surface area contributed by atoms with Crippen molar-refractivity contribution in [3.05, 3.63) is 65.7 Å². The molecular weight excluding hydrogens is 221 g/mol. The molecule has 3 heteroatoms. The van der Waals surface area contributed by atoms with Crippen molar-refractivity contribution in [2.24, 2.45) is 5.73 Å². The molecule has 2 N–H and O–H groups in total. The van der Waals surface area contributed by atoms with Gasteiger partial charge >= 0.3 is 0 Å². The molecule has 1 radical (unpaired) electrons. The van der Waals surface area contributed by atoms with Crippen molar-refractivity contribution >= 4 is 18.6 Å². The van der Waals surface area contributed by atoms with Crippen molar-refractivity contribution in [2.75, 3.05) is 0 Å². The van der Waals surface area contributed by atoms with Gasteiger partial charge in [-0.1, -0.05) is 65.6 Å². The normalized spacial score (nSPS) is 12.2. The Bertz CT molecular complexity index is 484. The zero-order chi connectivity index (χ0) is 13.4. The molecule has 1 aromatic rings. The third-order valence-corrected chi connectivity index (χ3v) is 2.37. The summed E-state index contributed by atoms with van der Waals surface area (Å²) in [5.74, 6) is -0.403. The Kier molecular flexibility index (Phi) is 5.72. The van der Waals surface area contributed by atoms with Gasteiger partial charge in [0.15, 0.2) is 7.28 Å². The van der Waals surface area contributed by atoms with Gasteiger partial charge in [-0.3, -0.25) is 4.79 Å². The van der Waals surface area contributed by atoms with Crippen LogP contribution < -0.4 is 11.2 Å². The second kappa shape index (κ2) is 7.33. The van der Waals surface area contributed by atoms with E-state index in [1.807, 2.05) is 63.6 Å². The summed E-state index contributed by atoms with van der Waals surface area (Å²) in [5.41, 5.74) is 7.86. The average molecular weight is 238 g/mol. The third kappa shape index (κ3) is 4.46. The fourth-order valence-corrected chi connectivity index (χ4v) is 1.49. The number of hydrogen-bond acceptors (Lipinski definition) is 1. The summed E-state index contributed by atoms with van der Waals surface area (Å²) >= 11 is 0. The van der Waals surface area contributed by atoms with E-state index in [0.29, 0.717) is 5.56 Å². The molecule has 0 spiro atoms. The van der Waals surface area contributed by atoms with E-state index in [2.05, 4.69) is 0 Å². The lowest BCUT2D eigenvalue weighted by Crippen LogP contribution is -2.17. The van der Waals surface area contributed by atoms with E-state index in [4.69, 9.17) is 5.73 Å². The quantitative estimate of drug-likeness (QED) is 0.619. The first kappa shape index (κ1) is 14.0. The van der Waals surface area contributed by atoms with E-state index in [1.54, 1.807) is 12.1 Å². The van der Waals surface area contributed by atoms with Gasteiger partial charge in [-0.05, 0) is 13.8 Å². The Morgan fingerprint density at radius 2 is 1.83 bits per heavy atom. The molecule has 1 rings (SSSR count). The Hall–Kier alpha value is -2.03. The highest BCUT2D eigenvalue weighted by molar-refractivity contribution is 6.61. The number of amides is 1. The molecule has 18 heavy (non-hydrogen) atoms. The van der Waals surface area contributed by atoms with Crippen molar-refractivity contribution in [3.8, 4) is 0 Å². The van der Waals surface area contributed by atoms with Crippen LogP contribution in [0.4, 0.5) is 0 Å². The number of hydrogen-bond donors (Lipinski definition) is 1. The van der Waals surface area contributed by atoms with E-state index in [-0.39, 0.29) is 0 Å². The first-order chi connectivity index (χ1) is 8.67. The van der Waals surface area contributed by atoms with Gasteiger partial charge < -0.3 is 5.73 Å². The van der Waals surface area contributed by atoms with Crippen LogP contribution in [0.1, 0.15) is 24.2 Å². The van der Waals surface area contributed by atoms with Crippen LogP contribution in [0.2, 0.25) is 0 Å². The molecule has 0 aliphatic carbocycles. The number of benzene rings is 1. The van der Waals surface area contributed by atoms with Crippen LogP contribution in [0.25, 0.3) is 0 Å². The number of primary amides is 1. The highest BCUT2D eigenvalue weighted by Crippen LogP contribution is 1.99. The minimum Gasteiger partial charge on any atom is -0.366 e. The number of carbonyl (C=O) groups is 1. The Morgan fingerprint density at radius 1 is 1.17 bits per heavy atom. The zero-order valence-electron chi connectivity index (χ0n) is 10.8. The van der Waals surface area contributed by atoms with Crippen LogP contribution in [-0.4, -0.2) is 13.2 Å². The summed E-state index contributed by atoms with van der Waals surface area (Å²) in [6.45, 7) is 3.96. The topological polar surface area (TPSA) is 43.1 Å². The van der Waals surface area contributed by atoms with Crippen molar-refractivity contribution < 1.29 is 4.79 Å².